The molecule has 0 unspecified atom stereocenters. The lowest BCUT2D eigenvalue weighted by Crippen LogP contribution is -2.16. The number of carbonyl (C=O) groups excluding carboxylic acids is 1. The normalized spacial score (nSPS) is 10.2. The number of amides is 1. The molecule has 3 aromatic carbocycles. The lowest BCUT2D eigenvalue weighted by molar-refractivity contribution is -0.115. The fraction of sp³-hybridized carbons (Fsp3) is 0.174. The number of nitrogens with one attached hydrogen (secondary N) is 2. The van der Waals surface area contributed by atoms with E-state index in [4.69, 9.17) is 9.47 Å². The minimum Gasteiger partial charge on any atom is -0.495 e. The van der Waals surface area contributed by atoms with Crippen LogP contribution in [0.15, 0.2) is 78.9 Å². The standard InChI is InChI=1S/C23H24N2O3/c1-27-22-10-6-5-9-21(22)24-16-15-23(26)25-19-11-13-20(14-12-19)28-17-18-7-3-2-4-8-18/h2-14,24H,15-17H2,1H3,(H,25,26). The van der Waals surface area contributed by atoms with E-state index < -0.39 is 0 Å². The first-order valence-corrected chi connectivity index (χ1v) is 9.18. The molecule has 0 bridgehead atoms. The predicted molar refractivity (Wildman–Crippen MR) is 112 cm³/mol. The Kier molecular flexibility index (Phi) is 6.90. The topological polar surface area (TPSA) is 59.6 Å². The molecular weight excluding hydrogens is 352 g/mol. The van der Waals surface area contributed by atoms with E-state index in [0.29, 0.717) is 19.6 Å². The Labute approximate surface area is 165 Å². The Morgan fingerprint density at radius 2 is 1.61 bits per heavy atom. The number of carbonyl (C=O) groups is 1. The summed E-state index contributed by atoms with van der Waals surface area (Å²) in [7, 11) is 1.63. The number of hydrogen-bond donors (Lipinski definition) is 2. The van der Waals surface area contributed by atoms with Crippen molar-refractivity contribution in [1.29, 1.82) is 0 Å². The van der Waals surface area contributed by atoms with Gasteiger partial charge in [-0.1, -0.05) is 42.5 Å². The molecule has 0 aliphatic rings. The van der Waals surface area contributed by atoms with Gasteiger partial charge in [-0.15, -0.1) is 0 Å². The Morgan fingerprint density at radius 3 is 2.36 bits per heavy atom. The minimum absolute atomic E-state index is 0.0552. The van der Waals surface area contributed by atoms with Crippen LogP contribution in [0.3, 0.4) is 0 Å². The fourth-order valence-corrected chi connectivity index (χ4v) is 2.70. The van der Waals surface area contributed by atoms with Crippen LogP contribution in [0, 0.1) is 0 Å². The zero-order valence-electron chi connectivity index (χ0n) is 15.9. The molecule has 0 aliphatic carbocycles. The molecular formula is C23H24N2O3. The highest BCUT2D eigenvalue weighted by molar-refractivity contribution is 5.91. The van der Waals surface area contributed by atoms with Gasteiger partial charge in [0, 0.05) is 18.7 Å². The third-order valence-electron chi connectivity index (χ3n) is 4.16. The van der Waals surface area contributed by atoms with E-state index in [9.17, 15) is 4.79 Å². The molecule has 0 aromatic heterocycles. The van der Waals surface area contributed by atoms with Crippen molar-refractivity contribution in [3.05, 3.63) is 84.4 Å². The molecule has 1 amide bonds. The molecule has 0 radical (unpaired) electrons. The SMILES string of the molecule is COc1ccccc1NCCC(=O)Nc1ccc(OCc2ccccc2)cc1. The van der Waals surface area contributed by atoms with Crippen molar-refractivity contribution in [1.82, 2.24) is 0 Å². The summed E-state index contributed by atoms with van der Waals surface area (Å²) in [4.78, 5) is 12.1. The predicted octanol–water partition coefficient (Wildman–Crippen LogP) is 4.71. The summed E-state index contributed by atoms with van der Waals surface area (Å²) < 4.78 is 11.0. The largest absolute Gasteiger partial charge is 0.495 e. The molecule has 0 aliphatic heterocycles. The summed E-state index contributed by atoms with van der Waals surface area (Å²) in [6.45, 7) is 1.03. The summed E-state index contributed by atoms with van der Waals surface area (Å²) in [6.07, 6.45) is 0.351. The van der Waals surface area contributed by atoms with Crippen molar-refractivity contribution in [3.63, 3.8) is 0 Å². The smallest absolute Gasteiger partial charge is 0.226 e. The first kappa shape index (κ1) is 19.3. The molecule has 0 fully saturated rings. The molecule has 144 valence electrons. The summed E-state index contributed by atoms with van der Waals surface area (Å²) in [5, 5.41) is 6.11. The second-order valence-electron chi connectivity index (χ2n) is 6.22. The molecule has 3 aromatic rings. The van der Waals surface area contributed by atoms with Gasteiger partial charge in [0.05, 0.1) is 12.8 Å². The average molecular weight is 376 g/mol. The van der Waals surface area contributed by atoms with E-state index in [-0.39, 0.29) is 5.91 Å². The Bertz CT molecular complexity index is 880. The fourth-order valence-electron chi connectivity index (χ4n) is 2.70. The highest BCUT2D eigenvalue weighted by Crippen LogP contribution is 2.23. The van der Waals surface area contributed by atoms with Crippen LogP contribution < -0.4 is 20.1 Å². The van der Waals surface area contributed by atoms with Crippen LogP contribution in [0.5, 0.6) is 11.5 Å². The quantitative estimate of drug-likeness (QED) is 0.568. The van der Waals surface area contributed by atoms with Crippen LogP contribution in [-0.2, 0) is 11.4 Å². The maximum Gasteiger partial charge on any atom is 0.226 e. The van der Waals surface area contributed by atoms with Crippen LogP contribution in [0.1, 0.15) is 12.0 Å². The Morgan fingerprint density at radius 1 is 0.893 bits per heavy atom. The van der Waals surface area contributed by atoms with E-state index in [1.165, 1.54) is 0 Å². The molecule has 0 spiro atoms. The molecule has 28 heavy (non-hydrogen) atoms. The van der Waals surface area contributed by atoms with Gasteiger partial charge in [-0.25, -0.2) is 0 Å². The van der Waals surface area contributed by atoms with Gasteiger partial charge in [-0.3, -0.25) is 4.79 Å². The summed E-state index contributed by atoms with van der Waals surface area (Å²) in [5.74, 6) is 1.47. The molecule has 3 rings (SSSR count). The minimum atomic E-state index is -0.0552. The lowest BCUT2D eigenvalue weighted by atomic mass is 10.2. The van der Waals surface area contributed by atoms with Crippen molar-refractivity contribution >= 4 is 17.3 Å². The maximum atomic E-state index is 12.1. The number of ether oxygens (including phenoxy) is 2. The van der Waals surface area contributed by atoms with Gasteiger partial charge in [0.15, 0.2) is 0 Å². The second-order valence-corrected chi connectivity index (χ2v) is 6.22. The van der Waals surface area contributed by atoms with Gasteiger partial charge >= 0.3 is 0 Å². The van der Waals surface area contributed by atoms with Crippen LogP contribution in [0.4, 0.5) is 11.4 Å². The van der Waals surface area contributed by atoms with Crippen molar-refractivity contribution in [2.24, 2.45) is 0 Å². The zero-order valence-corrected chi connectivity index (χ0v) is 15.9. The Balaban J connectivity index is 1.42. The lowest BCUT2D eigenvalue weighted by Gasteiger charge is -2.11. The summed E-state index contributed by atoms with van der Waals surface area (Å²) in [5.41, 5.74) is 2.73. The van der Waals surface area contributed by atoms with Crippen LogP contribution in [-0.4, -0.2) is 19.6 Å². The van der Waals surface area contributed by atoms with Crippen molar-refractivity contribution in [2.75, 3.05) is 24.3 Å². The number of para-hydroxylation sites is 2. The van der Waals surface area contributed by atoms with E-state index in [1.54, 1.807) is 7.11 Å². The molecule has 0 heterocycles. The van der Waals surface area contributed by atoms with Crippen LogP contribution in [0.2, 0.25) is 0 Å². The van der Waals surface area contributed by atoms with Gasteiger partial charge in [0.2, 0.25) is 5.91 Å². The van der Waals surface area contributed by atoms with Crippen LogP contribution in [0.25, 0.3) is 0 Å². The van der Waals surface area contributed by atoms with Crippen molar-refractivity contribution < 1.29 is 14.3 Å². The van der Waals surface area contributed by atoms with E-state index in [0.717, 1.165) is 28.4 Å². The van der Waals surface area contributed by atoms with Gasteiger partial charge in [0.1, 0.15) is 18.1 Å². The monoisotopic (exact) mass is 376 g/mol. The Hall–Kier alpha value is -3.47. The number of hydrogen-bond acceptors (Lipinski definition) is 4. The molecule has 5 heteroatoms. The highest BCUT2D eigenvalue weighted by atomic mass is 16.5. The molecule has 0 saturated heterocycles. The van der Waals surface area contributed by atoms with Crippen molar-refractivity contribution in [2.45, 2.75) is 13.0 Å². The number of methoxy groups -OCH3 is 1. The van der Waals surface area contributed by atoms with Gasteiger partial charge < -0.3 is 20.1 Å². The first-order valence-electron chi connectivity index (χ1n) is 9.18. The number of anilines is 2. The summed E-state index contributed by atoms with van der Waals surface area (Å²) in [6, 6.07) is 25.0. The van der Waals surface area contributed by atoms with Gasteiger partial charge in [0.25, 0.3) is 0 Å². The summed E-state index contributed by atoms with van der Waals surface area (Å²) >= 11 is 0. The first-order chi connectivity index (χ1) is 13.7. The van der Waals surface area contributed by atoms with Gasteiger partial charge in [-0.05, 0) is 42.0 Å². The molecule has 5 nitrogen and oxygen atoms in total. The third kappa shape index (κ3) is 5.77. The third-order valence-corrected chi connectivity index (χ3v) is 4.16. The van der Waals surface area contributed by atoms with E-state index >= 15 is 0 Å². The number of benzene rings is 3. The maximum absolute atomic E-state index is 12.1. The second kappa shape index (κ2) is 10.0. The molecule has 2 N–H and O–H groups in total. The van der Waals surface area contributed by atoms with E-state index in [1.807, 2.05) is 78.9 Å². The highest BCUT2D eigenvalue weighted by Gasteiger charge is 2.05. The van der Waals surface area contributed by atoms with Crippen LogP contribution >= 0.6 is 0 Å². The average Bonchev–Trinajstić information content (AvgIpc) is 2.74. The van der Waals surface area contributed by atoms with Crippen molar-refractivity contribution in [3.8, 4) is 11.5 Å². The number of rotatable bonds is 9. The van der Waals surface area contributed by atoms with Gasteiger partial charge in [-0.2, -0.15) is 0 Å². The molecule has 0 saturated carbocycles. The van der Waals surface area contributed by atoms with E-state index in [2.05, 4.69) is 10.6 Å². The zero-order chi connectivity index (χ0) is 19.6. The molecule has 0 atom stereocenters.